The first-order valence-corrected chi connectivity index (χ1v) is 13.7. The SMILES string of the molecule is CNc1ncc2cc(-c3cc(OC)cc(OC)c3Cl)c(=O)n(CCc3cccc(NC(=O)C(C#N)=CC(C)(C)N)c3)c2n1. The molecule has 0 saturated heterocycles. The van der Waals surface area contributed by atoms with Gasteiger partial charge in [0.15, 0.2) is 0 Å². The molecular formula is C31H32ClN7O4. The number of carbonyl (C=O) groups is 1. The van der Waals surface area contributed by atoms with E-state index in [4.69, 9.17) is 26.8 Å². The fraction of sp³-hybridized carbons (Fsp3) is 0.258. The van der Waals surface area contributed by atoms with E-state index in [1.54, 1.807) is 68.1 Å². The molecule has 4 aromatic rings. The Morgan fingerprint density at radius 3 is 2.60 bits per heavy atom. The molecule has 0 fully saturated rings. The van der Waals surface area contributed by atoms with Crippen molar-refractivity contribution in [3.8, 4) is 28.7 Å². The normalized spacial score (nSPS) is 11.6. The number of benzene rings is 2. The summed E-state index contributed by atoms with van der Waals surface area (Å²) in [4.78, 5) is 35.6. The molecule has 0 aliphatic heterocycles. The van der Waals surface area contributed by atoms with Gasteiger partial charge in [-0.15, -0.1) is 0 Å². The van der Waals surface area contributed by atoms with Crippen molar-refractivity contribution >= 4 is 40.2 Å². The highest BCUT2D eigenvalue weighted by atomic mass is 35.5. The molecule has 11 nitrogen and oxygen atoms in total. The number of ether oxygens (including phenoxy) is 2. The summed E-state index contributed by atoms with van der Waals surface area (Å²) >= 11 is 6.66. The predicted molar refractivity (Wildman–Crippen MR) is 168 cm³/mol. The van der Waals surface area contributed by atoms with Crippen LogP contribution in [0.1, 0.15) is 19.4 Å². The molecule has 1 amide bonds. The number of nitrogens with two attached hydrogens (primary N) is 1. The van der Waals surface area contributed by atoms with Crippen molar-refractivity contribution in [3.63, 3.8) is 0 Å². The average Bonchev–Trinajstić information content (AvgIpc) is 2.98. The number of carbonyl (C=O) groups excluding carboxylic acids is 1. The molecule has 2 aromatic heterocycles. The van der Waals surface area contributed by atoms with E-state index in [9.17, 15) is 14.9 Å². The number of nitrogens with zero attached hydrogens (tertiary/aromatic N) is 4. The van der Waals surface area contributed by atoms with E-state index in [0.29, 0.717) is 51.7 Å². The molecular weight excluding hydrogens is 570 g/mol. The Balaban J connectivity index is 1.73. The standard InChI is InChI=1S/C31H32ClN7O4/c1-31(2,34)15-20(16-33)28(40)37-21-8-6-7-18(11-21)9-10-39-27-19(17-36-30(35-3)38-27)12-24(29(39)41)23-13-22(42-4)14-25(43-5)26(23)32/h6-8,11-15,17H,9-10,34H2,1-5H3,(H,37,40)(H,35,36,38). The minimum Gasteiger partial charge on any atom is -0.497 e. The lowest BCUT2D eigenvalue weighted by molar-refractivity contribution is -0.112. The highest BCUT2D eigenvalue weighted by molar-refractivity contribution is 6.35. The Kier molecular flexibility index (Phi) is 9.34. The number of aryl methyl sites for hydroxylation is 2. The maximum atomic E-state index is 14.0. The third-order valence-electron chi connectivity index (χ3n) is 6.50. The molecule has 222 valence electrons. The number of nitriles is 1. The summed E-state index contributed by atoms with van der Waals surface area (Å²) in [7, 11) is 4.70. The zero-order chi connectivity index (χ0) is 31.3. The van der Waals surface area contributed by atoms with Crippen LogP contribution in [0, 0.1) is 11.3 Å². The molecule has 4 N–H and O–H groups in total. The lowest BCUT2D eigenvalue weighted by Crippen LogP contribution is -2.30. The molecule has 0 bridgehead atoms. The van der Waals surface area contributed by atoms with E-state index in [2.05, 4.69) is 20.6 Å². The summed E-state index contributed by atoms with van der Waals surface area (Å²) in [6.07, 6.45) is 3.48. The Hall–Kier alpha value is -4.92. The molecule has 0 saturated carbocycles. The Morgan fingerprint density at radius 2 is 1.95 bits per heavy atom. The number of methoxy groups -OCH3 is 2. The van der Waals surface area contributed by atoms with Crippen LogP contribution in [0.2, 0.25) is 5.02 Å². The van der Waals surface area contributed by atoms with Gasteiger partial charge in [-0.1, -0.05) is 23.7 Å². The summed E-state index contributed by atoms with van der Waals surface area (Å²) in [5.74, 6) is 0.649. The van der Waals surface area contributed by atoms with Gasteiger partial charge in [0.25, 0.3) is 11.5 Å². The highest BCUT2D eigenvalue weighted by Crippen LogP contribution is 2.38. The first-order valence-electron chi connectivity index (χ1n) is 13.3. The van der Waals surface area contributed by atoms with Crippen LogP contribution in [0.25, 0.3) is 22.2 Å². The van der Waals surface area contributed by atoms with Crippen LogP contribution in [0.15, 0.2) is 65.1 Å². The number of hydrogen-bond donors (Lipinski definition) is 3. The topological polar surface area (TPSA) is 157 Å². The van der Waals surface area contributed by atoms with E-state index in [1.165, 1.54) is 20.3 Å². The van der Waals surface area contributed by atoms with Crippen LogP contribution in [0.3, 0.4) is 0 Å². The van der Waals surface area contributed by atoms with Crippen molar-refractivity contribution in [2.45, 2.75) is 32.4 Å². The maximum absolute atomic E-state index is 14.0. The summed E-state index contributed by atoms with van der Waals surface area (Å²) < 4.78 is 12.4. The minimum absolute atomic E-state index is 0.0828. The van der Waals surface area contributed by atoms with E-state index in [1.807, 2.05) is 12.1 Å². The first kappa shape index (κ1) is 31.0. The fourth-order valence-electron chi connectivity index (χ4n) is 4.48. The van der Waals surface area contributed by atoms with Crippen molar-refractivity contribution in [2.75, 3.05) is 31.9 Å². The molecule has 4 rings (SSSR count). The van der Waals surface area contributed by atoms with Crippen molar-refractivity contribution in [1.82, 2.24) is 14.5 Å². The Bertz CT molecular complexity index is 1820. The van der Waals surface area contributed by atoms with Gasteiger partial charge in [-0.3, -0.25) is 14.2 Å². The zero-order valence-electron chi connectivity index (χ0n) is 24.5. The number of rotatable bonds is 10. The Morgan fingerprint density at radius 1 is 1.19 bits per heavy atom. The number of anilines is 2. The average molecular weight is 602 g/mol. The van der Waals surface area contributed by atoms with E-state index < -0.39 is 11.4 Å². The van der Waals surface area contributed by atoms with Crippen LogP contribution in [0.4, 0.5) is 11.6 Å². The number of pyridine rings is 1. The number of amides is 1. The van der Waals surface area contributed by atoms with Gasteiger partial charge in [-0.05, 0) is 56.2 Å². The van der Waals surface area contributed by atoms with Gasteiger partial charge in [0.2, 0.25) is 5.95 Å². The summed E-state index contributed by atoms with van der Waals surface area (Å²) in [5, 5.41) is 16.0. The van der Waals surface area contributed by atoms with Gasteiger partial charge in [-0.25, -0.2) is 4.98 Å². The predicted octanol–water partition coefficient (Wildman–Crippen LogP) is 4.54. The van der Waals surface area contributed by atoms with Gasteiger partial charge in [0.1, 0.15) is 28.8 Å². The van der Waals surface area contributed by atoms with Crippen molar-refractivity contribution in [2.24, 2.45) is 5.73 Å². The first-order chi connectivity index (χ1) is 20.5. The maximum Gasteiger partial charge on any atom is 0.266 e. The second-order valence-corrected chi connectivity index (χ2v) is 10.7. The highest BCUT2D eigenvalue weighted by Gasteiger charge is 2.20. The van der Waals surface area contributed by atoms with Gasteiger partial charge in [0, 0.05) is 53.6 Å². The quantitative estimate of drug-likeness (QED) is 0.175. The van der Waals surface area contributed by atoms with E-state index in [-0.39, 0.29) is 22.7 Å². The van der Waals surface area contributed by atoms with Crippen LogP contribution in [-0.2, 0) is 17.8 Å². The smallest absolute Gasteiger partial charge is 0.266 e. The second-order valence-electron chi connectivity index (χ2n) is 10.3. The molecule has 0 unspecified atom stereocenters. The van der Waals surface area contributed by atoms with Gasteiger partial charge in [-0.2, -0.15) is 10.2 Å². The van der Waals surface area contributed by atoms with Crippen molar-refractivity contribution < 1.29 is 14.3 Å². The van der Waals surface area contributed by atoms with Crippen LogP contribution < -0.4 is 31.4 Å². The van der Waals surface area contributed by atoms with Gasteiger partial charge >= 0.3 is 0 Å². The molecule has 0 aliphatic carbocycles. The molecule has 0 radical (unpaired) electrons. The lowest BCUT2D eigenvalue weighted by atomic mass is 10.0. The van der Waals surface area contributed by atoms with Crippen LogP contribution in [-0.4, -0.2) is 47.2 Å². The number of aromatic nitrogens is 3. The zero-order valence-corrected chi connectivity index (χ0v) is 25.2. The monoisotopic (exact) mass is 601 g/mol. The fourth-order valence-corrected chi connectivity index (χ4v) is 4.77. The molecule has 0 spiro atoms. The second kappa shape index (κ2) is 12.9. The lowest BCUT2D eigenvalue weighted by Gasteiger charge is -2.16. The van der Waals surface area contributed by atoms with Crippen LogP contribution >= 0.6 is 11.6 Å². The molecule has 2 aromatic carbocycles. The summed E-state index contributed by atoms with van der Waals surface area (Å²) in [5.41, 5.74) is 7.28. The Labute approximate surface area is 253 Å². The number of hydrogen-bond acceptors (Lipinski definition) is 9. The summed E-state index contributed by atoms with van der Waals surface area (Å²) in [6.45, 7) is 3.65. The van der Waals surface area contributed by atoms with E-state index >= 15 is 0 Å². The molecule has 2 heterocycles. The van der Waals surface area contributed by atoms with Gasteiger partial charge in [0.05, 0.1) is 19.2 Å². The molecule has 43 heavy (non-hydrogen) atoms. The number of halogens is 1. The third kappa shape index (κ3) is 7.12. The largest absolute Gasteiger partial charge is 0.497 e. The van der Waals surface area contributed by atoms with E-state index in [0.717, 1.165) is 5.56 Å². The molecule has 0 atom stereocenters. The minimum atomic E-state index is -0.828. The molecule has 0 aliphatic rings. The number of fused-ring (bicyclic) bond motifs is 1. The summed E-state index contributed by atoms with van der Waals surface area (Å²) in [6, 6.07) is 14.1. The molecule has 12 heteroatoms. The number of nitrogens with one attached hydrogen (secondary N) is 2. The van der Waals surface area contributed by atoms with Crippen molar-refractivity contribution in [3.05, 3.63) is 81.3 Å². The third-order valence-corrected chi connectivity index (χ3v) is 6.89. The van der Waals surface area contributed by atoms with Crippen molar-refractivity contribution in [1.29, 1.82) is 5.26 Å². The van der Waals surface area contributed by atoms with Crippen LogP contribution in [0.5, 0.6) is 11.5 Å². The van der Waals surface area contributed by atoms with Gasteiger partial charge < -0.3 is 25.8 Å².